The van der Waals surface area contributed by atoms with Crippen molar-refractivity contribution in [1.29, 1.82) is 0 Å². The molecule has 3 atom stereocenters. The lowest BCUT2D eigenvalue weighted by Gasteiger charge is -2.54. The summed E-state index contributed by atoms with van der Waals surface area (Å²) in [5.41, 5.74) is 0.977. The summed E-state index contributed by atoms with van der Waals surface area (Å²) in [6.07, 6.45) is 0. The van der Waals surface area contributed by atoms with Crippen molar-refractivity contribution in [3.8, 4) is 5.75 Å². The van der Waals surface area contributed by atoms with Crippen LogP contribution in [0.1, 0.15) is 25.5 Å². The maximum Gasteiger partial charge on any atom is 0.325 e. The predicted molar refractivity (Wildman–Crippen MR) is 89.8 cm³/mol. The van der Waals surface area contributed by atoms with Crippen LogP contribution in [-0.2, 0) is 0 Å². The van der Waals surface area contributed by atoms with Crippen LogP contribution in [0.5, 0.6) is 5.75 Å². The van der Waals surface area contributed by atoms with Gasteiger partial charge >= 0.3 is 6.03 Å². The van der Waals surface area contributed by atoms with Crippen molar-refractivity contribution in [1.82, 2.24) is 5.32 Å². The SMILES string of the molecule is CC1C2NC(=O)N(c3cccc(Cl)c3)C1(C)Oc1ccccc12. The number of halogens is 1. The Balaban J connectivity index is 1.87. The molecule has 2 aliphatic rings. The molecular formula is C18H17ClN2O2. The van der Waals surface area contributed by atoms with Gasteiger partial charge in [-0.3, -0.25) is 4.90 Å². The molecule has 2 aromatic rings. The lowest BCUT2D eigenvalue weighted by atomic mass is 9.80. The van der Waals surface area contributed by atoms with E-state index in [-0.39, 0.29) is 18.0 Å². The van der Waals surface area contributed by atoms with Gasteiger partial charge in [0.25, 0.3) is 0 Å². The molecular weight excluding hydrogens is 312 g/mol. The number of amides is 2. The lowest BCUT2D eigenvalue weighted by Crippen LogP contribution is -2.69. The van der Waals surface area contributed by atoms with Crippen LogP contribution in [-0.4, -0.2) is 11.8 Å². The number of ether oxygens (including phenoxy) is 1. The first-order valence-electron chi connectivity index (χ1n) is 7.65. The summed E-state index contributed by atoms with van der Waals surface area (Å²) in [4.78, 5) is 14.4. The number of urea groups is 1. The van der Waals surface area contributed by atoms with Crippen LogP contribution >= 0.6 is 11.6 Å². The van der Waals surface area contributed by atoms with Crippen molar-refractivity contribution in [2.45, 2.75) is 25.6 Å². The molecule has 1 saturated heterocycles. The maximum absolute atomic E-state index is 12.8. The molecule has 2 amide bonds. The Bertz CT molecular complexity index is 794. The minimum Gasteiger partial charge on any atom is -0.467 e. The minimum absolute atomic E-state index is 0.0621. The molecule has 2 aromatic carbocycles. The van der Waals surface area contributed by atoms with Crippen LogP contribution < -0.4 is 15.0 Å². The minimum atomic E-state index is -0.772. The quantitative estimate of drug-likeness (QED) is 0.845. The number of rotatable bonds is 1. The van der Waals surface area contributed by atoms with E-state index in [1.807, 2.05) is 43.3 Å². The Hall–Kier alpha value is -2.20. The number of hydrogen-bond acceptors (Lipinski definition) is 2. The van der Waals surface area contributed by atoms with E-state index in [4.69, 9.17) is 16.3 Å². The maximum atomic E-state index is 12.8. The van der Waals surface area contributed by atoms with E-state index >= 15 is 0 Å². The molecule has 4 rings (SSSR count). The van der Waals surface area contributed by atoms with Crippen molar-refractivity contribution in [2.75, 3.05) is 4.90 Å². The van der Waals surface area contributed by atoms with Crippen LogP contribution in [0.25, 0.3) is 0 Å². The summed E-state index contributed by atoms with van der Waals surface area (Å²) in [7, 11) is 0. The summed E-state index contributed by atoms with van der Waals surface area (Å²) in [6.45, 7) is 4.05. The Morgan fingerprint density at radius 1 is 1.22 bits per heavy atom. The van der Waals surface area contributed by atoms with Crippen molar-refractivity contribution < 1.29 is 9.53 Å². The molecule has 1 N–H and O–H groups in total. The fourth-order valence-corrected chi connectivity index (χ4v) is 3.75. The third kappa shape index (κ3) is 2.01. The van der Waals surface area contributed by atoms with E-state index in [1.54, 1.807) is 17.0 Å². The molecule has 4 nitrogen and oxygen atoms in total. The first-order chi connectivity index (χ1) is 11.0. The standard InChI is InChI=1S/C18H17ClN2O2/c1-11-16-14-8-3-4-9-15(14)23-18(11,2)21(17(22)20-16)13-7-5-6-12(19)10-13/h3-11,16H,1-2H3,(H,20,22). The number of carbonyl (C=O) groups excluding carboxylic acids is 1. The van der Waals surface area contributed by atoms with E-state index in [1.165, 1.54) is 0 Å². The molecule has 2 heterocycles. The highest BCUT2D eigenvalue weighted by Crippen LogP contribution is 2.48. The predicted octanol–water partition coefficient (Wildman–Crippen LogP) is 4.36. The summed E-state index contributed by atoms with van der Waals surface area (Å²) in [6, 6.07) is 14.9. The first-order valence-corrected chi connectivity index (χ1v) is 8.03. The number of carbonyl (C=O) groups is 1. The van der Waals surface area contributed by atoms with Gasteiger partial charge in [0.05, 0.1) is 11.7 Å². The van der Waals surface area contributed by atoms with Crippen molar-refractivity contribution in [3.05, 3.63) is 59.1 Å². The Kier molecular flexibility index (Phi) is 3.07. The molecule has 0 aliphatic carbocycles. The fraction of sp³-hybridized carbons (Fsp3) is 0.278. The van der Waals surface area contributed by atoms with E-state index in [0.29, 0.717) is 5.02 Å². The highest BCUT2D eigenvalue weighted by Gasteiger charge is 2.55. The molecule has 5 heteroatoms. The Morgan fingerprint density at radius 2 is 2.00 bits per heavy atom. The Morgan fingerprint density at radius 3 is 2.78 bits per heavy atom. The van der Waals surface area contributed by atoms with Gasteiger partial charge < -0.3 is 10.1 Å². The number of hydrogen-bond donors (Lipinski definition) is 1. The van der Waals surface area contributed by atoms with E-state index in [2.05, 4.69) is 12.2 Å². The monoisotopic (exact) mass is 328 g/mol. The average Bonchev–Trinajstić information content (AvgIpc) is 2.50. The number of fused-ring (bicyclic) bond motifs is 4. The second kappa shape index (κ2) is 4.90. The fourth-order valence-electron chi connectivity index (χ4n) is 3.56. The van der Waals surface area contributed by atoms with Gasteiger partial charge in [0, 0.05) is 16.5 Å². The highest BCUT2D eigenvalue weighted by molar-refractivity contribution is 6.30. The number of para-hydroxylation sites is 1. The molecule has 0 saturated carbocycles. The summed E-state index contributed by atoms with van der Waals surface area (Å²) in [5.74, 6) is 0.888. The van der Waals surface area contributed by atoms with Crippen LogP contribution in [0.4, 0.5) is 10.5 Å². The second-order valence-corrected chi connectivity index (χ2v) is 6.66. The highest BCUT2D eigenvalue weighted by atomic mass is 35.5. The largest absolute Gasteiger partial charge is 0.467 e. The molecule has 0 spiro atoms. The smallest absolute Gasteiger partial charge is 0.325 e. The van der Waals surface area contributed by atoms with Crippen LogP contribution in [0.3, 0.4) is 0 Å². The van der Waals surface area contributed by atoms with Gasteiger partial charge in [0.1, 0.15) is 5.75 Å². The van der Waals surface area contributed by atoms with Gasteiger partial charge in [-0.15, -0.1) is 0 Å². The third-order valence-electron chi connectivity index (χ3n) is 4.91. The first kappa shape index (κ1) is 14.4. The zero-order chi connectivity index (χ0) is 16.2. The normalized spacial score (nSPS) is 28.7. The molecule has 118 valence electrons. The zero-order valence-electron chi connectivity index (χ0n) is 12.9. The van der Waals surface area contributed by atoms with Crippen molar-refractivity contribution in [3.63, 3.8) is 0 Å². The van der Waals surface area contributed by atoms with E-state index in [0.717, 1.165) is 17.0 Å². The number of benzene rings is 2. The lowest BCUT2D eigenvalue weighted by molar-refractivity contribution is -0.0126. The molecule has 1 fully saturated rings. The molecule has 3 unspecified atom stereocenters. The zero-order valence-corrected chi connectivity index (χ0v) is 13.7. The molecule has 0 aromatic heterocycles. The van der Waals surface area contributed by atoms with Gasteiger partial charge in [-0.05, 0) is 31.2 Å². The average molecular weight is 329 g/mol. The van der Waals surface area contributed by atoms with Gasteiger partial charge in [-0.1, -0.05) is 42.8 Å². The van der Waals surface area contributed by atoms with Crippen LogP contribution in [0, 0.1) is 5.92 Å². The van der Waals surface area contributed by atoms with Gasteiger partial charge in [-0.2, -0.15) is 0 Å². The van der Waals surface area contributed by atoms with Gasteiger partial charge in [-0.25, -0.2) is 4.79 Å². The molecule has 23 heavy (non-hydrogen) atoms. The topological polar surface area (TPSA) is 41.6 Å². The summed E-state index contributed by atoms with van der Waals surface area (Å²) >= 11 is 6.11. The van der Waals surface area contributed by atoms with Crippen molar-refractivity contribution in [2.24, 2.45) is 5.92 Å². The van der Waals surface area contributed by atoms with E-state index < -0.39 is 5.72 Å². The molecule has 0 radical (unpaired) electrons. The van der Waals surface area contributed by atoms with E-state index in [9.17, 15) is 4.79 Å². The second-order valence-electron chi connectivity index (χ2n) is 6.23. The van der Waals surface area contributed by atoms with Crippen molar-refractivity contribution >= 4 is 23.3 Å². The molecule has 2 bridgehead atoms. The van der Waals surface area contributed by atoms with Gasteiger partial charge in [0.15, 0.2) is 5.72 Å². The van der Waals surface area contributed by atoms with Crippen LogP contribution in [0.15, 0.2) is 48.5 Å². The molecule has 2 aliphatic heterocycles. The third-order valence-corrected chi connectivity index (χ3v) is 5.14. The summed E-state index contributed by atoms with van der Waals surface area (Å²) < 4.78 is 6.30. The number of nitrogens with zero attached hydrogens (tertiary/aromatic N) is 1. The Labute approximate surface area is 140 Å². The van der Waals surface area contributed by atoms with Gasteiger partial charge in [0.2, 0.25) is 0 Å². The number of anilines is 1. The number of nitrogens with one attached hydrogen (secondary N) is 1. The summed E-state index contributed by atoms with van der Waals surface area (Å²) in [5, 5.41) is 3.70. The van der Waals surface area contributed by atoms with Crippen LogP contribution in [0.2, 0.25) is 5.02 Å².